The van der Waals surface area contributed by atoms with E-state index in [0.717, 1.165) is 34.6 Å². The minimum atomic E-state index is 0.553. The van der Waals surface area contributed by atoms with Crippen LogP contribution in [0.25, 0.3) is 17.1 Å². The minimum absolute atomic E-state index is 0.553. The van der Waals surface area contributed by atoms with Crippen LogP contribution in [0, 0.1) is 13.8 Å². The van der Waals surface area contributed by atoms with Crippen LogP contribution in [0.1, 0.15) is 23.6 Å². The third-order valence-electron chi connectivity index (χ3n) is 4.37. The van der Waals surface area contributed by atoms with Crippen LogP contribution in [0.5, 0.6) is 11.5 Å². The zero-order valence-electron chi connectivity index (χ0n) is 15.2. The van der Waals surface area contributed by atoms with E-state index in [9.17, 15) is 0 Å². The van der Waals surface area contributed by atoms with Crippen molar-refractivity contribution >= 4 is 17.1 Å². The zero-order valence-corrected chi connectivity index (χ0v) is 15.2. The van der Waals surface area contributed by atoms with E-state index < -0.39 is 0 Å². The SMILES string of the molecule is CC=Cc1ccc(OCCn2cnc3cc(C)c(C)cc32)c(OC)c1. The summed E-state index contributed by atoms with van der Waals surface area (Å²) in [4.78, 5) is 4.49. The lowest BCUT2D eigenvalue weighted by molar-refractivity contribution is 0.281. The average Bonchev–Trinajstić information content (AvgIpc) is 2.98. The van der Waals surface area contributed by atoms with Crippen molar-refractivity contribution in [3.8, 4) is 11.5 Å². The van der Waals surface area contributed by atoms with Crippen LogP contribution >= 0.6 is 0 Å². The Morgan fingerprint density at radius 2 is 1.88 bits per heavy atom. The Labute approximate surface area is 148 Å². The highest BCUT2D eigenvalue weighted by Crippen LogP contribution is 2.28. The van der Waals surface area contributed by atoms with Gasteiger partial charge < -0.3 is 14.0 Å². The van der Waals surface area contributed by atoms with Crippen LogP contribution in [0.2, 0.25) is 0 Å². The van der Waals surface area contributed by atoms with Crippen LogP contribution < -0.4 is 9.47 Å². The number of hydrogen-bond donors (Lipinski definition) is 0. The maximum Gasteiger partial charge on any atom is 0.161 e. The number of rotatable bonds is 6. The molecule has 0 saturated heterocycles. The van der Waals surface area contributed by atoms with Gasteiger partial charge in [0.2, 0.25) is 0 Å². The lowest BCUT2D eigenvalue weighted by Gasteiger charge is -2.12. The number of nitrogens with zero attached hydrogens (tertiary/aromatic N) is 2. The topological polar surface area (TPSA) is 36.3 Å². The van der Waals surface area contributed by atoms with Gasteiger partial charge in [-0.3, -0.25) is 0 Å². The van der Waals surface area contributed by atoms with Gasteiger partial charge in [-0.05, 0) is 61.7 Å². The van der Waals surface area contributed by atoms with Gasteiger partial charge in [0.1, 0.15) is 6.61 Å². The molecular formula is C21H24N2O2. The molecule has 0 fully saturated rings. The first-order chi connectivity index (χ1) is 12.1. The van der Waals surface area contributed by atoms with E-state index in [2.05, 4.69) is 35.5 Å². The number of methoxy groups -OCH3 is 1. The quantitative estimate of drug-likeness (QED) is 0.650. The Kier molecular flexibility index (Phi) is 5.08. The fraction of sp³-hybridized carbons (Fsp3) is 0.286. The van der Waals surface area contributed by atoms with Crippen LogP contribution in [0.3, 0.4) is 0 Å². The van der Waals surface area contributed by atoms with E-state index >= 15 is 0 Å². The summed E-state index contributed by atoms with van der Waals surface area (Å²) in [6, 6.07) is 10.3. The first-order valence-corrected chi connectivity index (χ1v) is 8.48. The van der Waals surface area contributed by atoms with Crippen LogP contribution in [0.4, 0.5) is 0 Å². The van der Waals surface area contributed by atoms with Gasteiger partial charge >= 0.3 is 0 Å². The summed E-state index contributed by atoms with van der Waals surface area (Å²) >= 11 is 0. The van der Waals surface area contributed by atoms with E-state index in [1.165, 1.54) is 11.1 Å². The number of aryl methyl sites for hydroxylation is 2. The normalized spacial score (nSPS) is 11.4. The lowest BCUT2D eigenvalue weighted by atomic mass is 10.1. The fourth-order valence-corrected chi connectivity index (χ4v) is 2.84. The van der Waals surface area contributed by atoms with Gasteiger partial charge in [0.25, 0.3) is 0 Å². The molecule has 0 unspecified atom stereocenters. The van der Waals surface area contributed by atoms with Gasteiger partial charge in [-0.15, -0.1) is 0 Å². The van der Waals surface area contributed by atoms with Crippen molar-refractivity contribution < 1.29 is 9.47 Å². The molecule has 4 heteroatoms. The molecule has 4 nitrogen and oxygen atoms in total. The first kappa shape index (κ1) is 17.1. The van der Waals surface area contributed by atoms with E-state index in [4.69, 9.17) is 9.47 Å². The maximum absolute atomic E-state index is 5.94. The highest BCUT2D eigenvalue weighted by Gasteiger charge is 2.07. The standard InChI is InChI=1S/C21H24N2O2/c1-5-6-17-7-8-20(21(13-17)24-4)25-10-9-23-14-22-18-11-15(2)16(3)12-19(18)23/h5-8,11-14H,9-10H2,1-4H3. The molecule has 3 rings (SSSR count). The van der Waals surface area contributed by atoms with Gasteiger partial charge in [-0.25, -0.2) is 4.98 Å². The third-order valence-corrected chi connectivity index (χ3v) is 4.37. The molecule has 0 spiro atoms. The molecule has 0 aliphatic carbocycles. The maximum atomic E-state index is 5.94. The Hall–Kier alpha value is -2.75. The molecule has 0 amide bonds. The van der Waals surface area contributed by atoms with Crippen molar-refractivity contribution in [2.45, 2.75) is 27.3 Å². The van der Waals surface area contributed by atoms with Crippen molar-refractivity contribution in [1.82, 2.24) is 9.55 Å². The summed E-state index contributed by atoms with van der Waals surface area (Å²) in [6.45, 7) is 7.52. The molecule has 25 heavy (non-hydrogen) atoms. The molecular weight excluding hydrogens is 312 g/mol. The molecule has 2 aromatic carbocycles. The molecule has 1 aromatic heterocycles. The van der Waals surface area contributed by atoms with Gasteiger partial charge in [0.15, 0.2) is 11.5 Å². The summed E-state index contributed by atoms with van der Waals surface area (Å²) in [7, 11) is 1.66. The Morgan fingerprint density at radius 3 is 2.64 bits per heavy atom. The van der Waals surface area contributed by atoms with Crippen molar-refractivity contribution in [1.29, 1.82) is 0 Å². The molecule has 0 N–H and O–H groups in total. The molecule has 3 aromatic rings. The number of allylic oxidation sites excluding steroid dienone is 1. The highest BCUT2D eigenvalue weighted by molar-refractivity contribution is 5.77. The summed E-state index contributed by atoms with van der Waals surface area (Å²) in [5.74, 6) is 1.50. The van der Waals surface area contributed by atoms with Gasteiger partial charge in [-0.2, -0.15) is 0 Å². The van der Waals surface area contributed by atoms with Crippen molar-refractivity contribution in [3.05, 3.63) is 59.4 Å². The number of ether oxygens (including phenoxy) is 2. The van der Waals surface area contributed by atoms with E-state index in [1.54, 1.807) is 7.11 Å². The third kappa shape index (κ3) is 3.68. The largest absolute Gasteiger partial charge is 0.493 e. The molecule has 1 heterocycles. The van der Waals surface area contributed by atoms with E-state index in [1.807, 2.05) is 43.6 Å². The number of aromatic nitrogens is 2. The van der Waals surface area contributed by atoms with Crippen molar-refractivity contribution in [2.24, 2.45) is 0 Å². The lowest BCUT2D eigenvalue weighted by Crippen LogP contribution is -2.08. The second kappa shape index (κ2) is 7.43. The van der Waals surface area contributed by atoms with Crippen molar-refractivity contribution in [2.75, 3.05) is 13.7 Å². The number of hydrogen-bond acceptors (Lipinski definition) is 3. The second-order valence-electron chi connectivity index (χ2n) is 6.12. The molecule has 0 atom stereocenters. The second-order valence-corrected chi connectivity index (χ2v) is 6.12. The fourth-order valence-electron chi connectivity index (χ4n) is 2.84. The highest BCUT2D eigenvalue weighted by atomic mass is 16.5. The Balaban J connectivity index is 1.72. The Bertz CT molecular complexity index is 910. The summed E-state index contributed by atoms with van der Waals surface area (Å²) in [5.41, 5.74) is 5.80. The van der Waals surface area contributed by atoms with Gasteiger partial charge in [-0.1, -0.05) is 18.2 Å². The Morgan fingerprint density at radius 1 is 1.08 bits per heavy atom. The average molecular weight is 336 g/mol. The molecule has 0 aliphatic heterocycles. The van der Waals surface area contributed by atoms with Gasteiger partial charge in [0.05, 0.1) is 31.0 Å². The molecule has 130 valence electrons. The predicted octanol–water partition coefficient (Wildman–Crippen LogP) is 4.77. The number of fused-ring (bicyclic) bond motifs is 1. The van der Waals surface area contributed by atoms with E-state index in [0.29, 0.717) is 6.61 Å². The van der Waals surface area contributed by atoms with Gasteiger partial charge in [0, 0.05) is 0 Å². The molecule has 0 aliphatic rings. The zero-order chi connectivity index (χ0) is 17.8. The van der Waals surface area contributed by atoms with Crippen molar-refractivity contribution in [3.63, 3.8) is 0 Å². The minimum Gasteiger partial charge on any atom is -0.493 e. The monoisotopic (exact) mass is 336 g/mol. The van der Waals surface area contributed by atoms with Crippen LogP contribution in [0.15, 0.2) is 42.7 Å². The molecule has 0 radical (unpaired) electrons. The van der Waals surface area contributed by atoms with Crippen LogP contribution in [-0.4, -0.2) is 23.3 Å². The number of imidazole rings is 1. The molecule has 0 bridgehead atoms. The predicted molar refractivity (Wildman–Crippen MR) is 102 cm³/mol. The summed E-state index contributed by atoms with van der Waals surface area (Å²) in [6.07, 6.45) is 5.91. The summed E-state index contributed by atoms with van der Waals surface area (Å²) in [5, 5.41) is 0. The smallest absolute Gasteiger partial charge is 0.161 e. The number of benzene rings is 2. The molecule has 0 saturated carbocycles. The van der Waals surface area contributed by atoms with Crippen LogP contribution in [-0.2, 0) is 6.54 Å². The first-order valence-electron chi connectivity index (χ1n) is 8.48. The van der Waals surface area contributed by atoms with E-state index in [-0.39, 0.29) is 0 Å². The summed E-state index contributed by atoms with van der Waals surface area (Å²) < 4.78 is 13.5.